The van der Waals surface area contributed by atoms with Gasteiger partial charge in [0.2, 0.25) is 5.91 Å². The number of rotatable bonds is 5. The van der Waals surface area contributed by atoms with E-state index in [1.165, 1.54) is 0 Å². The average Bonchev–Trinajstić information content (AvgIpc) is 2.47. The second-order valence-electron chi connectivity index (χ2n) is 5.50. The molecule has 1 unspecified atom stereocenters. The van der Waals surface area contributed by atoms with Gasteiger partial charge in [0.05, 0.1) is 12.6 Å². The van der Waals surface area contributed by atoms with Crippen molar-refractivity contribution in [3.8, 4) is 0 Å². The zero-order chi connectivity index (χ0) is 14.4. The second kappa shape index (κ2) is 7.41. The summed E-state index contributed by atoms with van der Waals surface area (Å²) in [6.07, 6.45) is 1.81. The third-order valence-corrected chi connectivity index (χ3v) is 3.85. The molecule has 0 spiro atoms. The SMILES string of the molecule is COCC(NC(=O)[C@H]1CCN[C@@H](C)C1)c1ccccc1. The van der Waals surface area contributed by atoms with Crippen LogP contribution in [0.15, 0.2) is 30.3 Å². The van der Waals surface area contributed by atoms with Crippen LogP contribution in [0.2, 0.25) is 0 Å². The lowest BCUT2D eigenvalue weighted by Gasteiger charge is -2.29. The molecule has 0 bridgehead atoms. The summed E-state index contributed by atoms with van der Waals surface area (Å²) in [4.78, 5) is 12.4. The second-order valence-corrected chi connectivity index (χ2v) is 5.50. The van der Waals surface area contributed by atoms with E-state index in [0.29, 0.717) is 12.6 Å². The highest BCUT2D eigenvalue weighted by Gasteiger charge is 2.26. The molecule has 1 amide bonds. The van der Waals surface area contributed by atoms with E-state index in [4.69, 9.17) is 4.74 Å². The average molecular weight is 276 g/mol. The van der Waals surface area contributed by atoms with Crippen molar-refractivity contribution in [1.82, 2.24) is 10.6 Å². The Morgan fingerprint density at radius 3 is 2.85 bits per heavy atom. The lowest BCUT2D eigenvalue weighted by molar-refractivity contribution is -0.127. The molecule has 1 aliphatic heterocycles. The minimum Gasteiger partial charge on any atom is -0.382 e. The van der Waals surface area contributed by atoms with Crippen molar-refractivity contribution in [2.24, 2.45) is 5.92 Å². The van der Waals surface area contributed by atoms with Crippen molar-refractivity contribution < 1.29 is 9.53 Å². The molecule has 2 rings (SSSR count). The molecule has 0 aliphatic carbocycles. The van der Waals surface area contributed by atoms with Gasteiger partial charge in [-0.3, -0.25) is 4.79 Å². The van der Waals surface area contributed by atoms with E-state index in [1.54, 1.807) is 7.11 Å². The highest BCUT2D eigenvalue weighted by atomic mass is 16.5. The summed E-state index contributed by atoms with van der Waals surface area (Å²) >= 11 is 0. The van der Waals surface area contributed by atoms with Gasteiger partial charge in [-0.05, 0) is 31.9 Å². The quantitative estimate of drug-likeness (QED) is 0.863. The number of nitrogens with one attached hydrogen (secondary N) is 2. The first-order valence-corrected chi connectivity index (χ1v) is 7.28. The Morgan fingerprint density at radius 2 is 2.20 bits per heavy atom. The molecule has 110 valence electrons. The zero-order valence-corrected chi connectivity index (χ0v) is 12.3. The van der Waals surface area contributed by atoms with Gasteiger partial charge >= 0.3 is 0 Å². The van der Waals surface area contributed by atoms with Crippen molar-refractivity contribution in [3.63, 3.8) is 0 Å². The van der Waals surface area contributed by atoms with E-state index in [9.17, 15) is 4.79 Å². The molecule has 4 nitrogen and oxygen atoms in total. The minimum atomic E-state index is -0.0705. The molecule has 1 fully saturated rings. The Balaban J connectivity index is 1.99. The fourth-order valence-corrected chi connectivity index (χ4v) is 2.73. The summed E-state index contributed by atoms with van der Waals surface area (Å²) in [5, 5.41) is 6.51. The van der Waals surface area contributed by atoms with Crippen LogP contribution in [-0.4, -0.2) is 32.2 Å². The van der Waals surface area contributed by atoms with Gasteiger partial charge in [-0.1, -0.05) is 30.3 Å². The molecule has 0 aromatic heterocycles. The van der Waals surface area contributed by atoms with Crippen molar-refractivity contribution in [1.29, 1.82) is 0 Å². The molecule has 0 radical (unpaired) electrons. The molecule has 1 aromatic rings. The third kappa shape index (κ3) is 4.05. The fraction of sp³-hybridized carbons (Fsp3) is 0.562. The Morgan fingerprint density at radius 1 is 1.45 bits per heavy atom. The van der Waals surface area contributed by atoms with E-state index < -0.39 is 0 Å². The van der Waals surface area contributed by atoms with Crippen molar-refractivity contribution in [2.45, 2.75) is 31.8 Å². The fourth-order valence-electron chi connectivity index (χ4n) is 2.73. The van der Waals surface area contributed by atoms with E-state index in [0.717, 1.165) is 24.9 Å². The highest BCUT2D eigenvalue weighted by Crippen LogP contribution is 2.19. The molecule has 1 aliphatic rings. The zero-order valence-electron chi connectivity index (χ0n) is 12.3. The van der Waals surface area contributed by atoms with Crippen molar-refractivity contribution in [2.75, 3.05) is 20.3 Å². The summed E-state index contributed by atoms with van der Waals surface area (Å²) < 4.78 is 5.24. The molecular formula is C16H24N2O2. The molecular weight excluding hydrogens is 252 g/mol. The number of piperidine rings is 1. The van der Waals surface area contributed by atoms with Gasteiger partial charge in [0, 0.05) is 19.1 Å². The van der Waals surface area contributed by atoms with Crippen LogP contribution < -0.4 is 10.6 Å². The maximum Gasteiger partial charge on any atom is 0.223 e. The molecule has 2 N–H and O–H groups in total. The number of ether oxygens (including phenoxy) is 1. The maximum atomic E-state index is 12.4. The number of hydrogen-bond donors (Lipinski definition) is 2. The van der Waals surface area contributed by atoms with Crippen LogP contribution in [-0.2, 0) is 9.53 Å². The first-order valence-electron chi connectivity index (χ1n) is 7.28. The number of benzene rings is 1. The predicted octanol–water partition coefficient (Wildman–Crippen LogP) is 1.88. The third-order valence-electron chi connectivity index (χ3n) is 3.85. The minimum absolute atomic E-state index is 0.0705. The van der Waals surface area contributed by atoms with E-state index in [2.05, 4.69) is 17.6 Å². The lowest BCUT2D eigenvalue weighted by atomic mass is 9.92. The molecule has 3 atom stereocenters. The Labute approximate surface area is 120 Å². The monoisotopic (exact) mass is 276 g/mol. The van der Waals surface area contributed by atoms with E-state index in [1.807, 2.05) is 30.3 Å². The van der Waals surface area contributed by atoms with E-state index in [-0.39, 0.29) is 17.9 Å². The molecule has 20 heavy (non-hydrogen) atoms. The van der Waals surface area contributed by atoms with Crippen LogP contribution in [0, 0.1) is 5.92 Å². The van der Waals surface area contributed by atoms with Crippen LogP contribution in [0.25, 0.3) is 0 Å². The van der Waals surface area contributed by atoms with Gasteiger partial charge in [-0.15, -0.1) is 0 Å². The smallest absolute Gasteiger partial charge is 0.223 e. The van der Waals surface area contributed by atoms with Gasteiger partial charge in [0.15, 0.2) is 0 Å². The van der Waals surface area contributed by atoms with Gasteiger partial charge in [-0.25, -0.2) is 0 Å². The summed E-state index contributed by atoms with van der Waals surface area (Å²) in [5.74, 6) is 0.249. The van der Waals surface area contributed by atoms with Crippen LogP contribution in [0.1, 0.15) is 31.4 Å². The summed E-state index contributed by atoms with van der Waals surface area (Å²) in [6.45, 7) is 3.54. The number of carbonyl (C=O) groups excluding carboxylic acids is 1. The summed E-state index contributed by atoms with van der Waals surface area (Å²) in [7, 11) is 1.66. The van der Waals surface area contributed by atoms with Crippen LogP contribution in [0.3, 0.4) is 0 Å². The molecule has 0 saturated carbocycles. The number of carbonyl (C=O) groups is 1. The van der Waals surface area contributed by atoms with Crippen LogP contribution >= 0.6 is 0 Å². The van der Waals surface area contributed by atoms with E-state index >= 15 is 0 Å². The van der Waals surface area contributed by atoms with Crippen LogP contribution in [0.5, 0.6) is 0 Å². The summed E-state index contributed by atoms with van der Waals surface area (Å²) in [5.41, 5.74) is 1.09. The molecule has 4 heteroatoms. The van der Waals surface area contributed by atoms with Crippen LogP contribution in [0.4, 0.5) is 0 Å². The predicted molar refractivity (Wildman–Crippen MR) is 79.4 cm³/mol. The maximum absolute atomic E-state index is 12.4. The highest BCUT2D eigenvalue weighted by molar-refractivity contribution is 5.79. The van der Waals surface area contributed by atoms with Crippen molar-refractivity contribution in [3.05, 3.63) is 35.9 Å². The van der Waals surface area contributed by atoms with Gasteiger partial charge in [0.25, 0.3) is 0 Å². The molecule has 1 aromatic carbocycles. The Hall–Kier alpha value is -1.39. The van der Waals surface area contributed by atoms with Crippen molar-refractivity contribution >= 4 is 5.91 Å². The lowest BCUT2D eigenvalue weighted by Crippen LogP contribution is -2.43. The number of hydrogen-bond acceptors (Lipinski definition) is 3. The number of methoxy groups -OCH3 is 1. The first kappa shape index (κ1) is 15.0. The Bertz CT molecular complexity index is 422. The first-order chi connectivity index (χ1) is 9.70. The van der Waals surface area contributed by atoms with Gasteiger partial charge in [0.1, 0.15) is 0 Å². The van der Waals surface area contributed by atoms with Gasteiger partial charge in [-0.2, -0.15) is 0 Å². The van der Waals surface area contributed by atoms with Gasteiger partial charge < -0.3 is 15.4 Å². The number of amides is 1. The summed E-state index contributed by atoms with van der Waals surface area (Å²) in [6, 6.07) is 10.3. The molecule has 1 saturated heterocycles. The standard InChI is InChI=1S/C16H24N2O2/c1-12-10-14(8-9-17-12)16(19)18-15(11-20-2)13-6-4-3-5-7-13/h3-7,12,14-15,17H,8-11H2,1-2H3,(H,18,19)/t12-,14-,15?/m0/s1. The normalized spacial score (nSPS) is 24.1. The Kier molecular flexibility index (Phi) is 5.56. The topological polar surface area (TPSA) is 50.4 Å². The largest absolute Gasteiger partial charge is 0.382 e. The molecule has 1 heterocycles.